The molecule has 1 aliphatic heterocycles. The smallest absolute Gasteiger partial charge is 0.240 e. The van der Waals surface area contributed by atoms with Crippen LogP contribution in [-0.4, -0.2) is 59.5 Å². The molecular formula is C29H38FN7O2. The Morgan fingerprint density at radius 1 is 1.18 bits per heavy atom. The number of hydrogen-bond donors (Lipinski definition) is 1. The number of aryl methyl sites for hydroxylation is 2. The molecule has 0 spiro atoms. The predicted octanol–water partition coefficient (Wildman–Crippen LogP) is 5.66. The van der Waals surface area contributed by atoms with E-state index in [9.17, 15) is 0 Å². The third-order valence-electron chi connectivity index (χ3n) is 7.00. The van der Waals surface area contributed by atoms with Gasteiger partial charge in [0.15, 0.2) is 0 Å². The Balaban J connectivity index is 1.73. The normalized spacial score (nSPS) is 17.2. The van der Waals surface area contributed by atoms with Crippen LogP contribution in [0.15, 0.2) is 18.3 Å². The molecule has 10 heteroatoms. The highest BCUT2D eigenvalue weighted by molar-refractivity contribution is 5.93. The summed E-state index contributed by atoms with van der Waals surface area (Å²) in [6, 6.07) is 3.54. The van der Waals surface area contributed by atoms with Crippen molar-refractivity contribution in [1.82, 2.24) is 34.7 Å². The van der Waals surface area contributed by atoms with E-state index in [0.29, 0.717) is 47.2 Å². The summed E-state index contributed by atoms with van der Waals surface area (Å²) in [5.74, 6) is 0.771. The lowest BCUT2D eigenvalue weighted by molar-refractivity contribution is 0.110. The van der Waals surface area contributed by atoms with Crippen LogP contribution in [0.3, 0.4) is 0 Å². The Labute approximate surface area is 228 Å². The first kappa shape index (κ1) is 26.9. The molecule has 0 saturated carbocycles. The summed E-state index contributed by atoms with van der Waals surface area (Å²) < 4.78 is 31.7. The number of halogens is 1. The standard InChI is InChI=1S/C29H38FN7O2/c1-8-11-37-27-16-36(17(2)3)15-19(6)39-29-23(14-31-35(29)7)21-12-22-25(32-33-26(22)13-24(21)30)10-9-20(27)28(34-37)38-18(4)5/h9-10,12-14,17-19H,8,11,15-16H2,1-7H3,(H,32,33)/b10-9+. The second kappa shape index (κ2) is 10.8. The summed E-state index contributed by atoms with van der Waals surface area (Å²) in [5, 5.41) is 17.6. The van der Waals surface area contributed by atoms with E-state index in [2.05, 4.69) is 45.6 Å². The van der Waals surface area contributed by atoms with Crippen molar-refractivity contribution in [2.24, 2.45) is 7.05 Å². The van der Waals surface area contributed by atoms with Gasteiger partial charge in [-0.15, -0.1) is 5.10 Å². The second-order valence-electron chi connectivity index (χ2n) is 10.8. The number of H-pyrrole nitrogens is 1. The number of aromatic amines is 1. The fourth-order valence-electron chi connectivity index (χ4n) is 5.04. The average Bonchev–Trinajstić information content (AvgIpc) is 3.52. The first-order valence-corrected chi connectivity index (χ1v) is 13.7. The molecule has 0 radical (unpaired) electrons. The number of rotatable bonds is 5. The first-order valence-electron chi connectivity index (χ1n) is 13.7. The lowest BCUT2D eigenvalue weighted by Crippen LogP contribution is -2.39. The Kier molecular flexibility index (Phi) is 7.48. The highest BCUT2D eigenvalue weighted by Gasteiger charge is 2.25. The zero-order valence-corrected chi connectivity index (χ0v) is 23.8. The fourth-order valence-corrected chi connectivity index (χ4v) is 5.04. The van der Waals surface area contributed by atoms with Gasteiger partial charge in [-0.05, 0) is 59.3 Å². The molecule has 0 saturated heterocycles. The molecule has 208 valence electrons. The molecule has 9 nitrogen and oxygen atoms in total. The lowest BCUT2D eigenvalue weighted by atomic mass is 10.0. The number of nitrogens with zero attached hydrogens (tertiary/aromatic N) is 6. The zero-order valence-electron chi connectivity index (χ0n) is 23.8. The fraction of sp³-hybridized carbons (Fsp3) is 0.483. The molecule has 4 aromatic rings. The Morgan fingerprint density at radius 2 is 1.97 bits per heavy atom. The van der Waals surface area contributed by atoms with E-state index in [4.69, 9.17) is 14.6 Å². The van der Waals surface area contributed by atoms with Gasteiger partial charge in [0.05, 0.1) is 40.3 Å². The molecule has 3 aromatic heterocycles. The second-order valence-corrected chi connectivity index (χ2v) is 10.8. The summed E-state index contributed by atoms with van der Waals surface area (Å²) in [6.45, 7) is 14.7. The third-order valence-corrected chi connectivity index (χ3v) is 7.00. The molecule has 1 N–H and O–H groups in total. The SMILES string of the molecule is CCCn1nc(OC(C)C)c2c1CN(C(C)C)CC(C)Oc1c(cnn1C)-c1cc3c(n[nH]c3cc1F)/C=C/2. The Hall–Kier alpha value is -3.66. The van der Waals surface area contributed by atoms with Crippen molar-refractivity contribution in [2.45, 2.75) is 79.3 Å². The lowest BCUT2D eigenvalue weighted by Gasteiger charge is -2.30. The minimum Gasteiger partial charge on any atom is -0.473 e. The van der Waals surface area contributed by atoms with Gasteiger partial charge in [0.1, 0.15) is 11.9 Å². The minimum absolute atomic E-state index is 0.0254. The van der Waals surface area contributed by atoms with Crippen molar-refractivity contribution in [3.05, 3.63) is 41.1 Å². The van der Waals surface area contributed by atoms with Crippen molar-refractivity contribution in [2.75, 3.05) is 6.54 Å². The Bertz CT molecular complexity index is 1500. The third kappa shape index (κ3) is 5.30. The molecule has 0 aliphatic carbocycles. The van der Waals surface area contributed by atoms with E-state index in [0.717, 1.165) is 29.6 Å². The van der Waals surface area contributed by atoms with Gasteiger partial charge in [-0.2, -0.15) is 10.2 Å². The quantitative estimate of drug-likeness (QED) is 0.355. The van der Waals surface area contributed by atoms with Crippen LogP contribution in [0.1, 0.15) is 64.9 Å². The maximum absolute atomic E-state index is 15.4. The topological polar surface area (TPSA) is 86.0 Å². The van der Waals surface area contributed by atoms with Crippen LogP contribution >= 0.6 is 0 Å². The van der Waals surface area contributed by atoms with E-state index in [1.54, 1.807) is 10.9 Å². The largest absolute Gasteiger partial charge is 0.473 e. The van der Waals surface area contributed by atoms with Crippen LogP contribution in [-0.2, 0) is 20.1 Å². The van der Waals surface area contributed by atoms with Crippen LogP contribution in [0.25, 0.3) is 34.2 Å². The molecule has 5 rings (SSSR count). The number of fused-ring (bicyclic) bond motifs is 4. The number of aromatic nitrogens is 6. The van der Waals surface area contributed by atoms with Gasteiger partial charge in [0.25, 0.3) is 0 Å². The molecule has 39 heavy (non-hydrogen) atoms. The van der Waals surface area contributed by atoms with Crippen molar-refractivity contribution in [1.29, 1.82) is 0 Å². The van der Waals surface area contributed by atoms with E-state index in [1.165, 1.54) is 6.07 Å². The van der Waals surface area contributed by atoms with E-state index in [1.807, 2.05) is 46.0 Å². The zero-order chi connectivity index (χ0) is 27.8. The molecule has 1 aromatic carbocycles. The van der Waals surface area contributed by atoms with Gasteiger partial charge < -0.3 is 9.47 Å². The van der Waals surface area contributed by atoms with Crippen LogP contribution in [0.5, 0.6) is 11.8 Å². The Morgan fingerprint density at radius 3 is 2.69 bits per heavy atom. The molecule has 0 amide bonds. The molecule has 1 atom stereocenters. The number of ether oxygens (including phenoxy) is 2. The van der Waals surface area contributed by atoms with Crippen LogP contribution in [0, 0.1) is 5.82 Å². The highest BCUT2D eigenvalue weighted by Crippen LogP contribution is 2.36. The highest BCUT2D eigenvalue weighted by atomic mass is 19.1. The summed E-state index contributed by atoms with van der Waals surface area (Å²) >= 11 is 0. The van der Waals surface area contributed by atoms with Crippen molar-refractivity contribution in [3.63, 3.8) is 0 Å². The first-order chi connectivity index (χ1) is 18.7. The predicted molar refractivity (Wildman–Crippen MR) is 151 cm³/mol. The number of hydrogen-bond acceptors (Lipinski definition) is 6. The van der Waals surface area contributed by atoms with Crippen LogP contribution in [0.2, 0.25) is 0 Å². The molecule has 1 aliphatic rings. The molecule has 0 fully saturated rings. The van der Waals surface area contributed by atoms with Crippen LogP contribution in [0.4, 0.5) is 4.39 Å². The number of nitrogens with one attached hydrogen (secondary N) is 1. The monoisotopic (exact) mass is 535 g/mol. The summed E-state index contributed by atoms with van der Waals surface area (Å²) in [5.41, 5.74) is 4.35. The van der Waals surface area contributed by atoms with E-state index < -0.39 is 0 Å². The maximum Gasteiger partial charge on any atom is 0.240 e. The van der Waals surface area contributed by atoms with Gasteiger partial charge in [-0.25, -0.2) is 9.07 Å². The molecule has 4 heterocycles. The van der Waals surface area contributed by atoms with Crippen LogP contribution < -0.4 is 9.47 Å². The average molecular weight is 536 g/mol. The molecular weight excluding hydrogens is 497 g/mol. The van der Waals surface area contributed by atoms with Gasteiger partial charge in [0.2, 0.25) is 11.8 Å². The number of benzene rings is 1. The summed E-state index contributed by atoms with van der Waals surface area (Å²) in [7, 11) is 1.81. The van der Waals surface area contributed by atoms with Crippen molar-refractivity contribution < 1.29 is 13.9 Å². The molecule has 2 bridgehead atoms. The molecule has 1 unspecified atom stereocenters. The van der Waals surface area contributed by atoms with Gasteiger partial charge in [-0.3, -0.25) is 14.7 Å². The van der Waals surface area contributed by atoms with Crippen molar-refractivity contribution in [3.8, 4) is 22.9 Å². The van der Waals surface area contributed by atoms with E-state index in [-0.39, 0.29) is 24.1 Å². The summed E-state index contributed by atoms with van der Waals surface area (Å²) in [6.07, 6.45) is 6.37. The van der Waals surface area contributed by atoms with Gasteiger partial charge >= 0.3 is 0 Å². The maximum atomic E-state index is 15.4. The summed E-state index contributed by atoms with van der Waals surface area (Å²) in [4.78, 5) is 2.37. The van der Waals surface area contributed by atoms with Gasteiger partial charge in [0, 0.05) is 49.7 Å². The van der Waals surface area contributed by atoms with Crippen molar-refractivity contribution >= 4 is 23.1 Å². The van der Waals surface area contributed by atoms with E-state index >= 15 is 4.39 Å². The van der Waals surface area contributed by atoms with Gasteiger partial charge in [-0.1, -0.05) is 6.92 Å². The minimum atomic E-state index is -0.365.